The number of aromatic nitrogens is 2. The van der Waals surface area contributed by atoms with Gasteiger partial charge in [0, 0.05) is 45.3 Å². The van der Waals surface area contributed by atoms with Crippen molar-refractivity contribution >= 4 is 29.5 Å². The first-order valence-electron chi connectivity index (χ1n) is 11.8. The number of piperidine rings is 1. The lowest BCUT2D eigenvalue weighted by molar-refractivity contribution is -0.134. The molecule has 3 amide bonds. The zero-order valence-electron chi connectivity index (χ0n) is 19.7. The summed E-state index contributed by atoms with van der Waals surface area (Å²) in [7, 11) is 0. The predicted octanol–water partition coefficient (Wildman–Crippen LogP) is 0.301. The summed E-state index contributed by atoms with van der Waals surface area (Å²) in [5.74, 6) is -0.981. The molecule has 36 heavy (non-hydrogen) atoms. The van der Waals surface area contributed by atoms with Gasteiger partial charge in [-0.15, -0.1) is 0 Å². The zero-order chi connectivity index (χ0) is 25.5. The second kappa shape index (κ2) is 11.6. The smallest absolute Gasteiger partial charge is 0.337 e. The summed E-state index contributed by atoms with van der Waals surface area (Å²) in [5, 5.41) is 13.8. The number of carbonyl (C=O) groups excluding carboxylic acids is 3. The van der Waals surface area contributed by atoms with E-state index < -0.39 is 23.8 Å². The van der Waals surface area contributed by atoms with Crippen LogP contribution >= 0.6 is 0 Å². The van der Waals surface area contributed by atoms with Crippen molar-refractivity contribution in [3.8, 4) is 5.75 Å². The van der Waals surface area contributed by atoms with Crippen LogP contribution in [0.5, 0.6) is 5.75 Å². The van der Waals surface area contributed by atoms with Crippen LogP contribution in [0.4, 0.5) is 5.82 Å². The normalized spacial score (nSPS) is 18.4. The van der Waals surface area contributed by atoms with Gasteiger partial charge in [0.15, 0.2) is 0 Å². The van der Waals surface area contributed by atoms with Gasteiger partial charge < -0.3 is 20.1 Å². The minimum atomic E-state index is -0.983. The Balaban J connectivity index is 1.14. The monoisotopic (exact) mass is 496 g/mol. The maximum Gasteiger partial charge on any atom is 0.337 e. The van der Waals surface area contributed by atoms with Crippen LogP contribution in [0.2, 0.25) is 0 Å². The van der Waals surface area contributed by atoms with E-state index in [9.17, 15) is 19.2 Å². The second-order valence-electron chi connectivity index (χ2n) is 8.60. The first-order chi connectivity index (χ1) is 17.4. The number of pyridine rings is 2. The highest BCUT2D eigenvalue weighted by atomic mass is 16.5. The van der Waals surface area contributed by atoms with Gasteiger partial charge in [-0.1, -0.05) is 0 Å². The highest BCUT2D eigenvalue weighted by molar-refractivity contribution is 6.03. The number of hydrogen-bond donors (Lipinski definition) is 3. The quantitative estimate of drug-likeness (QED) is 0.326. The molecule has 190 valence electrons. The summed E-state index contributed by atoms with van der Waals surface area (Å²) in [6.07, 6.45) is 4.13. The number of amides is 3. The van der Waals surface area contributed by atoms with E-state index in [1.807, 2.05) is 0 Å². The lowest BCUT2D eigenvalue weighted by Gasteiger charge is -2.35. The molecule has 4 rings (SSSR count). The summed E-state index contributed by atoms with van der Waals surface area (Å²) in [6, 6.07) is 5.76. The predicted molar refractivity (Wildman–Crippen MR) is 128 cm³/mol. The fourth-order valence-electron chi connectivity index (χ4n) is 4.04. The molecule has 3 N–H and O–H groups in total. The Bertz CT molecular complexity index is 1100. The number of piperazine rings is 1. The van der Waals surface area contributed by atoms with Crippen molar-refractivity contribution in [3.63, 3.8) is 0 Å². The summed E-state index contributed by atoms with van der Waals surface area (Å²) in [5.41, 5.74) is 0.342. The average molecular weight is 497 g/mol. The van der Waals surface area contributed by atoms with Crippen molar-refractivity contribution in [2.45, 2.75) is 25.3 Å². The molecule has 0 saturated carbocycles. The van der Waals surface area contributed by atoms with Gasteiger partial charge in [0.1, 0.15) is 23.3 Å². The number of ether oxygens (including phenoxy) is 1. The number of carboxylic acids is 1. The van der Waals surface area contributed by atoms with Crippen LogP contribution in [0.3, 0.4) is 0 Å². The van der Waals surface area contributed by atoms with Crippen LogP contribution in [0, 0.1) is 0 Å². The Kier molecular flexibility index (Phi) is 8.06. The van der Waals surface area contributed by atoms with Crippen LogP contribution in [0.25, 0.3) is 0 Å². The van der Waals surface area contributed by atoms with Crippen molar-refractivity contribution in [1.82, 2.24) is 25.5 Å². The Hall–Kier alpha value is -4.06. The zero-order valence-corrected chi connectivity index (χ0v) is 19.7. The minimum absolute atomic E-state index is 0.164. The number of carbonyl (C=O) groups is 4. The first-order valence-corrected chi connectivity index (χ1v) is 11.8. The Labute approximate surface area is 207 Å². The van der Waals surface area contributed by atoms with Gasteiger partial charge in [-0.2, -0.15) is 0 Å². The van der Waals surface area contributed by atoms with E-state index in [1.54, 1.807) is 18.2 Å². The van der Waals surface area contributed by atoms with Gasteiger partial charge in [0.2, 0.25) is 11.8 Å². The highest BCUT2D eigenvalue weighted by Gasteiger charge is 2.28. The van der Waals surface area contributed by atoms with Gasteiger partial charge in [-0.25, -0.2) is 14.8 Å². The van der Waals surface area contributed by atoms with Crippen molar-refractivity contribution in [3.05, 3.63) is 47.9 Å². The summed E-state index contributed by atoms with van der Waals surface area (Å²) in [6.45, 7) is 4.75. The van der Waals surface area contributed by atoms with E-state index in [0.29, 0.717) is 12.4 Å². The van der Waals surface area contributed by atoms with Crippen molar-refractivity contribution < 1.29 is 29.0 Å². The molecule has 2 saturated heterocycles. The number of anilines is 1. The van der Waals surface area contributed by atoms with Crippen LogP contribution in [0.1, 0.15) is 40.1 Å². The fourth-order valence-corrected chi connectivity index (χ4v) is 4.04. The minimum Gasteiger partial charge on any atom is -0.492 e. The second-order valence-corrected chi connectivity index (χ2v) is 8.60. The summed E-state index contributed by atoms with van der Waals surface area (Å²) < 4.78 is 5.74. The molecule has 12 nitrogen and oxygen atoms in total. The third-order valence-electron chi connectivity index (χ3n) is 6.09. The molecule has 0 aliphatic carbocycles. The lowest BCUT2D eigenvalue weighted by atomic mass is 10.1. The van der Waals surface area contributed by atoms with Crippen LogP contribution in [-0.4, -0.2) is 89.0 Å². The van der Waals surface area contributed by atoms with Crippen LogP contribution < -0.4 is 20.3 Å². The average Bonchev–Trinajstić information content (AvgIpc) is 2.89. The number of nitrogens with zero attached hydrogens (tertiary/aromatic N) is 4. The van der Waals surface area contributed by atoms with E-state index in [0.717, 1.165) is 45.0 Å². The van der Waals surface area contributed by atoms with Crippen molar-refractivity contribution in [2.75, 3.05) is 44.2 Å². The Morgan fingerprint density at radius 2 is 1.89 bits per heavy atom. The fraction of sp³-hybridized carbons (Fsp3) is 0.417. The van der Waals surface area contributed by atoms with E-state index >= 15 is 0 Å². The maximum absolute atomic E-state index is 12.3. The van der Waals surface area contributed by atoms with Gasteiger partial charge in [-0.05, 0) is 37.1 Å². The molecule has 2 aliphatic heterocycles. The SMILES string of the molecule is O=C1CC[C@H](NC(=O)c2ccc(OCCCN3CCN(c4ccc(C(=O)O)cn4)CC3)cn2)C(=O)N1. The van der Waals surface area contributed by atoms with Gasteiger partial charge in [-0.3, -0.25) is 24.6 Å². The maximum atomic E-state index is 12.3. The van der Waals surface area contributed by atoms with Crippen molar-refractivity contribution in [2.24, 2.45) is 0 Å². The third kappa shape index (κ3) is 6.54. The molecular weight excluding hydrogens is 468 g/mol. The first kappa shape index (κ1) is 25.0. The Morgan fingerprint density at radius 1 is 1.08 bits per heavy atom. The van der Waals surface area contributed by atoms with Crippen LogP contribution in [0.15, 0.2) is 36.7 Å². The highest BCUT2D eigenvalue weighted by Crippen LogP contribution is 2.15. The topological polar surface area (TPSA) is 154 Å². The standard InChI is InChI=1S/C24H28N6O6/c31-21-7-5-19(23(33)28-21)27-22(32)18-4-3-17(15-25-18)36-13-1-8-29-9-11-30(12-10-29)20-6-2-16(14-26-20)24(34)35/h2-4,6,14-15,19H,1,5,7-13H2,(H,27,32)(H,34,35)(H,28,31,33)/t19-/m0/s1. The summed E-state index contributed by atoms with van der Waals surface area (Å²) in [4.78, 5) is 59.1. The van der Waals surface area contributed by atoms with E-state index in [-0.39, 0.29) is 30.0 Å². The Morgan fingerprint density at radius 3 is 2.53 bits per heavy atom. The molecule has 2 aliphatic rings. The van der Waals surface area contributed by atoms with E-state index in [2.05, 4.69) is 30.4 Å². The number of nitrogens with one attached hydrogen (secondary N) is 2. The lowest BCUT2D eigenvalue weighted by Crippen LogP contribution is -2.52. The number of imide groups is 1. The number of rotatable bonds is 9. The molecule has 0 radical (unpaired) electrons. The molecule has 0 spiro atoms. The molecular formula is C24H28N6O6. The van der Waals surface area contributed by atoms with Gasteiger partial charge >= 0.3 is 5.97 Å². The third-order valence-corrected chi connectivity index (χ3v) is 6.09. The molecule has 0 unspecified atom stereocenters. The number of aromatic carboxylic acids is 1. The molecule has 0 aromatic carbocycles. The molecule has 12 heteroatoms. The van der Waals surface area contributed by atoms with Crippen molar-refractivity contribution in [1.29, 1.82) is 0 Å². The van der Waals surface area contributed by atoms with Gasteiger partial charge in [0.05, 0.1) is 18.4 Å². The number of carboxylic acid groups (broad SMARTS) is 1. The van der Waals surface area contributed by atoms with E-state index in [4.69, 9.17) is 9.84 Å². The molecule has 2 aromatic rings. The summed E-state index contributed by atoms with van der Waals surface area (Å²) >= 11 is 0. The molecule has 2 fully saturated rings. The number of hydrogen-bond acceptors (Lipinski definition) is 9. The molecule has 4 heterocycles. The van der Waals surface area contributed by atoms with E-state index in [1.165, 1.54) is 18.5 Å². The largest absolute Gasteiger partial charge is 0.492 e. The van der Waals surface area contributed by atoms with Crippen LogP contribution in [-0.2, 0) is 9.59 Å². The molecule has 1 atom stereocenters. The molecule has 0 bridgehead atoms. The molecule has 2 aromatic heterocycles. The van der Waals surface area contributed by atoms with Gasteiger partial charge in [0.25, 0.3) is 5.91 Å².